The van der Waals surface area contributed by atoms with E-state index in [-0.39, 0.29) is 0 Å². The van der Waals surface area contributed by atoms with Crippen LogP contribution < -0.4 is 0 Å². The van der Waals surface area contributed by atoms with Crippen LogP contribution in [0.15, 0.2) is 12.2 Å². The molecule has 0 aliphatic carbocycles. The molecule has 0 aromatic rings. The van der Waals surface area contributed by atoms with Crippen LogP contribution in [0.2, 0.25) is 0 Å². The second-order valence-electron chi connectivity index (χ2n) is 6.35. The SMILES string of the molecule is C=C(CCCCCCCCCCCCCN(C)C)C(=O)O. The number of hydrogen-bond donors (Lipinski definition) is 1. The van der Waals surface area contributed by atoms with E-state index in [9.17, 15) is 4.79 Å². The maximum absolute atomic E-state index is 10.6. The molecule has 21 heavy (non-hydrogen) atoms. The van der Waals surface area contributed by atoms with E-state index in [2.05, 4.69) is 25.6 Å². The van der Waals surface area contributed by atoms with Crippen molar-refractivity contribution < 1.29 is 9.90 Å². The quantitative estimate of drug-likeness (QED) is 0.346. The monoisotopic (exact) mass is 297 g/mol. The number of carboxylic acids is 1. The zero-order valence-corrected chi connectivity index (χ0v) is 14.2. The van der Waals surface area contributed by atoms with Gasteiger partial charge in [0.25, 0.3) is 0 Å². The zero-order valence-electron chi connectivity index (χ0n) is 14.2. The predicted octanol–water partition coefficient (Wildman–Crippen LogP) is 4.87. The predicted molar refractivity (Wildman–Crippen MR) is 90.7 cm³/mol. The van der Waals surface area contributed by atoms with Gasteiger partial charge in [0.2, 0.25) is 0 Å². The van der Waals surface area contributed by atoms with Crippen molar-refractivity contribution in [2.75, 3.05) is 20.6 Å². The van der Waals surface area contributed by atoms with Crippen molar-refractivity contribution in [3.8, 4) is 0 Å². The summed E-state index contributed by atoms with van der Waals surface area (Å²) in [7, 11) is 4.27. The van der Waals surface area contributed by atoms with Gasteiger partial charge in [0.1, 0.15) is 0 Å². The van der Waals surface area contributed by atoms with E-state index in [1.54, 1.807) is 0 Å². The van der Waals surface area contributed by atoms with Gasteiger partial charge in [-0.05, 0) is 39.9 Å². The van der Waals surface area contributed by atoms with Crippen molar-refractivity contribution in [3.63, 3.8) is 0 Å². The van der Waals surface area contributed by atoms with Gasteiger partial charge >= 0.3 is 5.97 Å². The average Bonchev–Trinajstić information content (AvgIpc) is 2.43. The summed E-state index contributed by atoms with van der Waals surface area (Å²) in [6, 6.07) is 0. The molecule has 0 aliphatic heterocycles. The first-order chi connectivity index (χ1) is 10.0. The van der Waals surface area contributed by atoms with Gasteiger partial charge in [-0.1, -0.05) is 64.4 Å². The van der Waals surface area contributed by atoms with Gasteiger partial charge in [0.15, 0.2) is 0 Å². The first-order valence-electron chi connectivity index (χ1n) is 8.60. The summed E-state index contributed by atoms with van der Waals surface area (Å²) in [5.41, 5.74) is 0.351. The number of carboxylic acid groups (broad SMARTS) is 1. The van der Waals surface area contributed by atoms with Crippen LogP contribution in [0.25, 0.3) is 0 Å². The van der Waals surface area contributed by atoms with Crippen LogP contribution in [0, 0.1) is 0 Å². The van der Waals surface area contributed by atoms with Gasteiger partial charge in [0, 0.05) is 5.57 Å². The molecule has 0 spiro atoms. The Morgan fingerprint density at radius 3 is 1.57 bits per heavy atom. The van der Waals surface area contributed by atoms with Gasteiger partial charge in [0.05, 0.1) is 0 Å². The molecular weight excluding hydrogens is 262 g/mol. The number of hydrogen-bond acceptors (Lipinski definition) is 2. The minimum absolute atomic E-state index is 0.351. The molecule has 3 nitrogen and oxygen atoms in total. The number of nitrogens with zero attached hydrogens (tertiary/aromatic N) is 1. The lowest BCUT2D eigenvalue weighted by molar-refractivity contribution is -0.132. The molecule has 0 radical (unpaired) electrons. The molecule has 0 aromatic heterocycles. The highest BCUT2D eigenvalue weighted by Crippen LogP contribution is 2.13. The minimum Gasteiger partial charge on any atom is -0.478 e. The Labute approximate surface area is 131 Å². The van der Waals surface area contributed by atoms with Crippen LogP contribution in [0.1, 0.15) is 77.0 Å². The van der Waals surface area contributed by atoms with Gasteiger partial charge in [-0.25, -0.2) is 4.79 Å². The number of unbranched alkanes of at least 4 members (excludes halogenated alkanes) is 10. The fraction of sp³-hybridized carbons (Fsp3) is 0.833. The summed E-state index contributed by atoms with van der Waals surface area (Å²) >= 11 is 0. The summed E-state index contributed by atoms with van der Waals surface area (Å²) in [5, 5.41) is 8.68. The molecule has 3 heteroatoms. The molecule has 0 saturated carbocycles. The van der Waals surface area contributed by atoms with E-state index in [4.69, 9.17) is 5.11 Å². The third kappa shape index (κ3) is 15.4. The van der Waals surface area contributed by atoms with E-state index in [0.717, 1.165) is 12.8 Å². The summed E-state index contributed by atoms with van der Waals surface area (Å²) in [5.74, 6) is -0.847. The van der Waals surface area contributed by atoms with Crippen molar-refractivity contribution in [1.82, 2.24) is 4.90 Å². The summed E-state index contributed by atoms with van der Waals surface area (Å²) in [4.78, 5) is 12.8. The van der Waals surface area contributed by atoms with Crippen LogP contribution >= 0.6 is 0 Å². The van der Waals surface area contributed by atoms with Gasteiger partial charge < -0.3 is 10.0 Å². The fourth-order valence-corrected chi connectivity index (χ4v) is 2.46. The van der Waals surface area contributed by atoms with E-state index in [1.807, 2.05) is 0 Å². The zero-order chi connectivity index (χ0) is 15.9. The van der Waals surface area contributed by atoms with Crippen LogP contribution in [0.5, 0.6) is 0 Å². The highest BCUT2D eigenvalue weighted by atomic mass is 16.4. The molecule has 0 saturated heterocycles. The first-order valence-corrected chi connectivity index (χ1v) is 8.60. The van der Waals surface area contributed by atoms with E-state index in [1.165, 1.54) is 64.3 Å². The molecule has 0 amide bonds. The lowest BCUT2D eigenvalue weighted by atomic mass is 10.0. The Kier molecular flexibility index (Phi) is 13.6. The van der Waals surface area contributed by atoms with Gasteiger partial charge in [-0.15, -0.1) is 0 Å². The first kappa shape index (κ1) is 20.2. The molecule has 0 atom stereocenters. The molecule has 0 heterocycles. The normalized spacial score (nSPS) is 11.0. The standard InChI is InChI=1S/C18H35NO2/c1-17(18(20)21)15-13-11-9-7-5-4-6-8-10-12-14-16-19(2)3/h1,4-16H2,2-3H3,(H,20,21). The number of carbonyl (C=O) groups is 1. The molecule has 124 valence electrons. The van der Waals surface area contributed by atoms with Crippen molar-refractivity contribution >= 4 is 5.97 Å². The Bertz CT molecular complexity index is 274. The lowest BCUT2D eigenvalue weighted by Crippen LogP contribution is -2.12. The third-order valence-corrected chi connectivity index (χ3v) is 3.89. The van der Waals surface area contributed by atoms with E-state index >= 15 is 0 Å². The van der Waals surface area contributed by atoms with Crippen molar-refractivity contribution in [3.05, 3.63) is 12.2 Å². The fourth-order valence-electron chi connectivity index (χ4n) is 2.46. The maximum Gasteiger partial charge on any atom is 0.330 e. The Balaban J connectivity index is 3.09. The number of aliphatic carboxylic acids is 1. The van der Waals surface area contributed by atoms with Gasteiger partial charge in [-0.3, -0.25) is 0 Å². The smallest absolute Gasteiger partial charge is 0.330 e. The summed E-state index contributed by atoms with van der Waals surface area (Å²) in [6.07, 6.45) is 14.8. The molecule has 0 bridgehead atoms. The molecule has 0 unspecified atom stereocenters. The lowest BCUT2D eigenvalue weighted by Gasteiger charge is -2.08. The summed E-state index contributed by atoms with van der Waals surface area (Å²) in [6.45, 7) is 4.77. The third-order valence-electron chi connectivity index (χ3n) is 3.89. The largest absolute Gasteiger partial charge is 0.478 e. The molecule has 0 fully saturated rings. The highest BCUT2D eigenvalue weighted by molar-refractivity contribution is 5.85. The Morgan fingerprint density at radius 2 is 1.19 bits per heavy atom. The second kappa shape index (κ2) is 14.1. The Morgan fingerprint density at radius 1 is 0.810 bits per heavy atom. The average molecular weight is 297 g/mol. The summed E-state index contributed by atoms with van der Waals surface area (Å²) < 4.78 is 0. The minimum atomic E-state index is -0.847. The molecule has 0 aromatic carbocycles. The molecule has 1 N–H and O–H groups in total. The van der Waals surface area contributed by atoms with Crippen LogP contribution in [0.3, 0.4) is 0 Å². The van der Waals surface area contributed by atoms with Crippen molar-refractivity contribution in [2.24, 2.45) is 0 Å². The van der Waals surface area contributed by atoms with Crippen LogP contribution in [-0.4, -0.2) is 36.6 Å². The van der Waals surface area contributed by atoms with E-state index < -0.39 is 5.97 Å². The molecule has 0 aliphatic rings. The molecule has 0 rings (SSSR count). The second-order valence-corrected chi connectivity index (χ2v) is 6.35. The topological polar surface area (TPSA) is 40.5 Å². The molecular formula is C18H35NO2. The maximum atomic E-state index is 10.6. The van der Waals surface area contributed by atoms with Crippen LogP contribution in [-0.2, 0) is 4.79 Å². The van der Waals surface area contributed by atoms with Crippen molar-refractivity contribution in [1.29, 1.82) is 0 Å². The highest BCUT2D eigenvalue weighted by Gasteiger charge is 2.02. The van der Waals surface area contributed by atoms with Gasteiger partial charge in [-0.2, -0.15) is 0 Å². The van der Waals surface area contributed by atoms with Crippen LogP contribution in [0.4, 0.5) is 0 Å². The number of rotatable bonds is 15. The van der Waals surface area contributed by atoms with Crippen molar-refractivity contribution in [2.45, 2.75) is 77.0 Å². The van der Waals surface area contributed by atoms with E-state index in [0.29, 0.717) is 12.0 Å². The Hall–Kier alpha value is -0.830.